The monoisotopic (exact) mass is 505 g/mol. The topological polar surface area (TPSA) is 82.0 Å². The number of halogens is 3. The van der Waals surface area contributed by atoms with Crippen molar-refractivity contribution in [2.24, 2.45) is 10.7 Å². The van der Waals surface area contributed by atoms with Gasteiger partial charge in [0, 0.05) is 6.54 Å². The number of likely N-dealkylation sites (tertiary alicyclic amines) is 1. The lowest BCUT2D eigenvalue weighted by Crippen LogP contribution is -2.33. The molecule has 0 amide bonds. The number of piperidine rings is 1. The minimum absolute atomic E-state index is 0.244. The highest BCUT2D eigenvalue weighted by atomic mass is 19.4. The number of benzene rings is 2. The Bertz CT molecular complexity index is 1010. The zero-order valence-electron chi connectivity index (χ0n) is 20.8. The Morgan fingerprint density at radius 2 is 1.50 bits per heavy atom. The molecule has 0 atom stereocenters. The molecule has 36 heavy (non-hydrogen) atoms. The van der Waals surface area contributed by atoms with Gasteiger partial charge in [0.05, 0.1) is 22.0 Å². The molecule has 0 radical (unpaired) electrons. The summed E-state index contributed by atoms with van der Waals surface area (Å²) in [6.07, 6.45) is 2.74. The standard InChI is InChI=1S/C15H18F3N.C10H10N2O3.C2H6/c16-15(17,18)13-3-1-12(2-4-13)11-19-9-7-14(5-6-14)8-10-19;13-9(14)7-1-3-8(4-2-7)10(5-6-10)11-12-15;1-2/h1-4H,5-11H2;1-4H,5-6H2,(H,11,15)(H,13,14);1-2H3. The Balaban J connectivity index is 0.000000193. The molecule has 2 aliphatic carbocycles. The molecule has 2 aromatic carbocycles. The van der Waals surface area contributed by atoms with Crippen LogP contribution in [-0.2, 0) is 18.3 Å². The van der Waals surface area contributed by atoms with E-state index in [1.165, 1.54) is 49.9 Å². The molecule has 6 nitrogen and oxygen atoms in total. The quantitative estimate of drug-likeness (QED) is 0.335. The van der Waals surface area contributed by atoms with E-state index in [9.17, 15) is 22.9 Å². The summed E-state index contributed by atoms with van der Waals surface area (Å²) < 4.78 is 37.4. The highest BCUT2D eigenvalue weighted by Crippen LogP contribution is 2.53. The normalized spacial score (nSPS) is 19.1. The summed E-state index contributed by atoms with van der Waals surface area (Å²) in [5, 5.41) is 11.4. The molecule has 1 saturated heterocycles. The van der Waals surface area contributed by atoms with E-state index in [1.54, 1.807) is 24.3 Å². The van der Waals surface area contributed by atoms with Gasteiger partial charge in [-0.1, -0.05) is 38.1 Å². The van der Waals surface area contributed by atoms with Crippen molar-refractivity contribution < 1.29 is 23.1 Å². The van der Waals surface area contributed by atoms with Crippen LogP contribution in [0.2, 0.25) is 0 Å². The maximum atomic E-state index is 12.5. The van der Waals surface area contributed by atoms with Crippen LogP contribution >= 0.6 is 0 Å². The predicted octanol–water partition coefficient (Wildman–Crippen LogP) is 6.75. The SMILES string of the molecule is CC.FC(F)(F)c1ccc(CN2CCC3(CC2)CC3)cc1.O=NNC1(c2ccc(C(=O)O)cc2)CC1. The van der Waals surface area contributed by atoms with Crippen LogP contribution in [0.4, 0.5) is 13.2 Å². The first-order chi connectivity index (χ1) is 17.1. The molecule has 2 saturated carbocycles. The van der Waals surface area contributed by atoms with Gasteiger partial charge in [-0.05, 0) is 92.4 Å². The molecule has 0 aromatic heterocycles. The number of carboxylic acid groups (broad SMARTS) is 1. The van der Waals surface area contributed by atoms with E-state index in [0.717, 1.165) is 43.6 Å². The Labute approximate surface area is 209 Å². The first-order valence-electron chi connectivity index (χ1n) is 12.5. The smallest absolute Gasteiger partial charge is 0.416 e. The van der Waals surface area contributed by atoms with Crippen molar-refractivity contribution >= 4 is 5.97 Å². The lowest BCUT2D eigenvalue weighted by atomic mass is 9.93. The van der Waals surface area contributed by atoms with Crippen molar-refractivity contribution in [3.63, 3.8) is 0 Å². The van der Waals surface area contributed by atoms with E-state index < -0.39 is 17.7 Å². The van der Waals surface area contributed by atoms with Crippen LogP contribution in [0.1, 0.15) is 79.4 Å². The molecule has 3 fully saturated rings. The molecular weight excluding hydrogens is 471 g/mol. The van der Waals surface area contributed by atoms with Gasteiger partial charge in [0.1, 0.15) is 0 Å². The molecule has 3 aliphatic rings. The first-order valence-corrected chi connectivity index (χ1v) is 12.5. The van der Waals surface area contributed by atoms with Crippen LogP contribution in [0, 0.1) is 10.3 Å². The summed E-state index contributed by atoms with van der Waals surface area (Å²) in [5.41, 5.74) is 4.38. The maximum Gasteiger partial charge on any atom is 0.416 e. The third-order valence-corrected chi connectivity index (χ3v) is 7.26. The van der Waals surface area contributed by atoms with Gasteiger partial charge >= 0.3 is 12.1 Å². The lowest BCUT2D eigenvalue weighted by molar-refractivity contribution is -0.137. The van der Waals surface area contributed by atoms with Gasteiger partial charge in [-0.3, -0.25) is 10.3 Å². The predicted molar refractivity (Wildman–Crippen MR) is 132 cm³/mol. The van der Waals surface area contributed by atoms with Crippen LogP contribution in [0.15, 0.2) is 53.8 Å². The summed E-state index contributed by atoms with van der Waals surface area (Å²) in [5.74, 6) is -0.951. The molecule has 1 spiro atoms. The summed E-state index contributed by atoms with van der Waals surface area (Å²) in [6.45, 7) is 6.94. The van der Waals surface area contributed by atoms with Crippen LogP contribution in [0.25, 0.3) is 0 Å². The number of nitroso groups, excluding NO2 is 1. The lowest BCUT2D eigenvalue weighted by Gasteiger charge is -2.32. The molecule has 5 rings (SSSR count). The van der Waals surface area contributed by atoms with Gasteiger partial charge in [-0.15, -0.1) is 4.91 Å². The van der Waals surface area contributed by atoms with E-state index >= 15 is 0 Å². The van der Waals surface area contributed by atoms with E-state index in [-0.39, 0.29) is 11.1 Å². The van der Waals surface area contributed by atoms with Crippen LogP contribution in [0.5, 0.6) is 0 Å². The number of aromatic carboxylic acids is 1. The summed E-state index contributed by atoms with van der Waals surface area (Å²) >= 11 is 0. The number of rotatable bonds is 6. The number of hydrogen-bond acceptors (Lipinski definition) is 4. The minimum atomic E-state index is -4.23. The highest BCUT2D eigenvalue weighted by Gasteiger charge is 2.45. The van der Waals surface area contributed by atoms with Gasteiger partial charge in [0.2, 0.25) is 0 Å². The van der Waals surface area contributed by atoms with Crippen molar-refractivity contribution in [1.29, 1.82) is 0 Å². The fraction of sp³-hybridized carbons (Fsp3) is 0.519. The first kappa shape index (κ1) is 27.6. The molecule has 196 valence electrons. The number of hydrogen-bond donors (Lipinski definition) is 2. The largest absolute Gasteiger partial charge is 0.478 e. The second kappa shape index (κ2) is 11.4. The van der Waals surface area contributed by atoms with Gasteiger partial charge < -0.3 is 5.11 Å². The number of nitrogens with zero attached hydrogens (tertiary/aromatic N) is 2. The number of carboxylic acids is 1. The Hall–Kier alpha value is -2.94. The average Bonchev–Trinajstić information content (AvgIpc) is 3.81. The molecule has 0 unspecified atom stereocenters. The zero-order valence-corrected chi connectivity index (χ0v) is 20.8. The number of carbonyl (C=O) groups is 1. The molecule has 2 aromatic rings. The molecule has 1 aliphatic heterocycles. The molecule has 2 N–H and O–H groups in total. The van der Waals surface area contributed by atoms with E-state index in [1.807, 2.05) is 13.8 Å². The Morgan fingerprint density at radius 3 is 1.92 bits per heavy atom. The van der Waals surface area contributed by atoms with Crippen molar-refractivity contribution in [2.45, 2.75) is 70.6 Å². The third kappa shape index (κ3) is 7.06. The van der Waals surface area contributed by atoms with Gasteiger partial charge in [-0.2, -0.15) is 13.2 Å². The van der Waals surface area contributed by atoms with Crippen LogP contribution in [-0.4, -0.2) is 29.1 Å². The zero-order chi connectivity index (χ0) is 26.4. The maximum absolute atomic E-state index is 12.5. The number of nitrogens with one attached hydrogen (secondary N) is 1. The van der Waals surface area contributed by atoms with E-state index in [0.29, 0.717) is 5.41 Å². The third-order valence-electron chi connectivity index (χ3n) is 7.26. The summed E-state index contributed by atoms with van der Waals surface area (Å²) in [4.78, 5) is 23.1. The molecule has 9 heteroatoms. The van der Waals surface area contributed by atoms with E-state index in [2.05, 4.69) is 15.6 Å². The second-order valence-corrected chi connectivity index (χ2v) is 9.64. The van der Waals surface area contributed by atoms with E-state index in [4.69, 9.17) is 5.11 Å². The highest BCUT2D eigenvalue weighted by molar-refractivity contribution is 5.87. The van der Waals surface area contributed by atoms with Crippen molar-refractivity contribution in [2.75, 3.05) is 13.1 Å². The van der Waals surface area contributed by atoms with Crippen molar-refractivity contribution in [3.05, 3.63) is 75.7 Å². The number of alkyl halides is 3. The van der Waals surface area contributed by atoms with Gasteiger partial charge in [-0.25, -0.2) is 4.79 Å². The molecular formula is C27H34F3N3O3. The molecule has 1 heterocycles. The van der Waals surface area contributed by atoms with Crippen molar-refractivity contribution in [1.82, 2.24) is 10.3 Å². The van der Waals surface area contributed by atoms with Crippen LogP contribution < -0.4 is 5.43 Å². The fourth-order valence-electron chi connectivity index (χ4n) is 4.53. The average molecular weight is 506 g/mol. The molecule has 0 bridgehead atoms. The summed E-state index contributed by atoms with van der Waals surface area (Å²) in [7, 11) is 0. The Morgan fingerprint density at radius 1 is 0.944 bits per heavy atom. The van der Waals surface area contributed by atoms with Crippen molar-refractivity contribution in [3.8, 4) is 0 Å². The van der Waals surface area contributed by atoms with Gasteiger partial charge in [0.25, 0.3) is 0 Å². The second-order valence-electron chi connectivity index (χ2n) is 9.64. The minimum Gasteiger partial charge on any atom is -0.478 e. The Kier molecular flexibility index (Phi) is 8.76. The van der Waals surface area contributed by atoms with Gasteiger partial charge in [0.15, 0.2) is 0 Å². The summed E-state index contributed by atoms with van der Waals surface area (Å²) in [6, 6.07) is 12.1. The van der Waals surface area contributed by atoms with Crippen LogP contribution in [0.3, 0.4) is 0 Å². The fourth-order valence-corrected chi connectivity index (χ4v) is 4.53.